The molecule has 2 aromatic carbocycles. The van der Waals surface area contributed by atoms with Crippen LogP contribution in [0.2, 0.25) is 0 Å². The van der Waals surface area contributed by atoms with E-state index in [1.165, 1.54) is 0 Å². The van der Waals surface area contributed by atoms with Gasteiger partial charge >= 0.3 is 0 Å². The summed E-state index contributed by atoms with van der Waals surface area (Å²) in [6, 6.07) is 16.0. The van der Waals surface area contributed by atoms with E-state index >= 15 is 0 Å². The lowest BCUT2D eigenvalue weighted by molar-refractivity contribution is 0.284. The lowest BCUT2D eigenvalue weighted by Crippen LogP contribution is -2.03. The first kappa shape index (κ1) is 15.1. The van der Waals surface area contributed by atoms with Crippen molar-refractivity contribution in [2.45, 2.75) is 6.61 Å². The van der Waals surface area contributed by atoms with Crippen LogP contribution in [0.1, 0.15) is 11.1 Å². The molecular formula is C18H21NO2. The van der Waals surface area contributed by atoms with Crippen LogP contribution in [-0.4, -0.2) is 20.7 Å². The van der Waals surface area contributed by atoms with Gasteiger partial charge in [-0.3, -0.25) is 0 Å². The first-order valence-electron chi connectivity index (χ1n) is 6.99. The fraction of sp³-hybridized carbons (Fsp3) is 0.222. The van der Waals surface area contributed by atoms with Crippen molar-refractivity contribution in [2.24, 2.45) is 0 Å². The van der Waals surface area contributed by atoms with Gasteiger partial charge in [0.25, 0.3) is 0 Å². The van der Waals surface area contributed by atoms with Crippen molar-refractivity contribution in [1.29, 1.82) is 0 Å². The highest BCUT2D eigenvalue weighted by molar-refractivity contribution is 5.56. The molecule has 0 bridgehead atoms. The van der Waals surface area contributed by atoms with Gasteiger partial charge < -0.3 is 14.8 Å². The van der Waals surface area contributed by atoms with Gasteiger partial charge in [-0.25, -0.2) is 0 Å². The quantitative estimate of drug-likeness (QED) is 0.843. The van der Waals surface area contributed by atoms with Crippen molar-refractivity contribution in [1.82, 2.24) is 5.32 Å². The van der Waals surface area contributed by atoms with Crippen LogP contribution >= 0.6 is 0 Å². The second-order valence-corrected chi connectivity index (χ2v) is 4.64. The predicted octanol–water partition coefficient (Wildman–Crippen LogP) is 3.51. The second kappa shape index (κ2) is 8.12. The molecule has 0 radical (unpaired) electrons. The first-order chi connectivity index (χ1) is 10.3. The van der Waals surface area contributed by atoms with Crippen molar-refractivity contribution >= 4 is 6.08 Å². The van der Waals surface area contributed by atoms with Crippen molar-refractivity contribution in [3.63, 3.8) is 0 Å². The highest BCUT2D eigenvalue weighted by Gasteiger charge is 2.05. The Bertz CT molecular complexity index is 579. The zero-order valence-corrected chi connectivity index (χ0v) is 12.5. The van der Waals surface area contributed by atoms with Gasteiger partial charge in [-0.05, 0) is 30.3 Å². The molecule has 0 fully saturated rings. The number of methoxy groups -OCH3 is 1. The molecule has 0 aliphatic heterocycles. The summed E-state index contributed by atoms with van der Waals surface area (Å²) in [5.74, 6) is 1.50. The third kappa shape index (κ3) is 4.65. The van der Waals surface area contributed by atoms with Crippen LogP contribution in [0.25, 0.3) is 6.08 Å². The summed E-state index contributed by atoms with van der Waals surface area (Å²) in [5.41, 5.74) is 2.23. The Morgan fingerprint density at radius 3 is 2.57 bits per heavy atom. The summed E-state index contributed by atoms with van der Waals surface area (Å²) in [6.07, 6.45) is 4.12. The van der Waals surface area contributed by atoms with Crippen LogP contribution in [0.4, 0.5) is 0 Å². The van der Waals surface area contributed by atoms with E-state index in [0.29, 0.717) is 6.61 Å². The smallest absolute Gasteiger partial charge is 0.161 e. The van der Waals surface area contributed by atoms with Crippen molar-refractivity contribution < 1.29 is 9.47 Å². The van der Waals surface area contributed by atoms with Crippen LogP contribution in [0.5, 0.6) is 11.5 Å². The third-order valence-corrected chi connectivity index (χ3v) is 3.06. The molecule has 21 heavy (non-hydrogen) atoms. The van der Waals surface area contributed by atoms with E-state index in [1.54, 1.807) is 7.11 Å². The summed E-state index contributed by atoms with van der Waals surface area (Å²) in [5, 5.41) is 3.07. The molecule has 110 valence electrons. The van der Waals surface area contributed by atoms with E-state index < -0.39 is 0 Å². The van der Waals surface area contributed by atoms with E-state index in [-0.39, 0.29) is 0 Å². The minimum absolute atomic E-state index is 0.534. The van der Waals surface area contributed by atoms with Crippen molar-refractivity contribution in [3.8, 4) is 11.5 Å². The molecule has 0 heterocycles. The standard InChI is InChI=1S/C18H21NO2/c1-19-12-6-9-15-10-11-17(18(13-15)20-2)21-14-16-7-4-3-5-8-16/h3-11,13,19H,12,14H2,1-2H3. The summed E-state index contributed by atoms with van der Waals surface area (Å²) in [7, 11) is 3.58. The third-order valence-electron chi connectivity index (χ3n) is 3.06. The molecule has 2 aromatic rings. The van der Waals surface area contributed by atoms with Crippen LogP contribution < -0.4 is 14.8 Å². The summed E-state index contributed by atoms with van der Waals surface area (Å²) in [6.45, 7) is 1.38. The minimum atomic E-state index is 0.534. The molecule has 0 saturated heterocycles. The molecule has 0 aliphatic carbocycles. The number of hydrogen-bond donors (Lipinski definition) is 1. The zero-order chi connectivity index (χ0) is 14.9. The number of likely N-dealkylation sites (N-methyl/N-ethyl adjacent to an activating group) is 1. The highest BCUT2D eigenvalue weighted by atomic mass is 16.5. The van der Waals surface area contributed by atoms with Gasteiger partial charge in [0.05, 0.1) is 7.11 Å². The molecule has 3 nitrogen and oxygen atoms in total. The average molecular weight is 283 g/mol. The minimum Gasteiger partial charge on any atom is -0.493 e. The SMILES string of the molecule is CNCC=Cc1ccc(OCc2ccccc2)c(OC)c1. The monoisotopic (exact) mass is 283 g/mol. The fourth-order valence-electron chi connectivity index (χ4n) is 1.96. The first-order valence-corrected chi connectivity index (χ1v) is 6.99. The fourth-order valence-corrected chi connectivity index (χ4v) is 1.96. The summed E-state index contributed by atoms with van der Waals surface area (Å²) < 4.78 is 11.2. The van der Waals surface area contributed by atoms with E-state index in [9.17, 15) is 0 Å². The van der Waals surface area contributed by atoms with Crippen LogP contribution in [0.3, 0.4) is 0 Å². The molecule has 0 aliphatic rings. The van der Waals surface area contributed by atoms with Crippen LogP contribution in [0, 0.1) is 0 Å². The normalized spacial score (nSPS) is 10.8. The summed E-state index contributed by atoms with van der Waals surface area (Å²) in [4.78, 5) is 0. The number of nitrogens with one attached hydrogen (secondary N) is 1. The largest absolute Gasteiger partial charge is 0.493 e. The lowest BCUT2D eigenvalue weighted by Gasteiger charge is -2.11. The van der Waals surface area contributed by atoms with Gasteiger partial charge in [-0.15, -0.1) is 0 Å². The van der Waals surface area contributed by atoms with Gasteiger partial charge in [-0.2, -0.15) is 0 Å². The molecule has 3 heteroatoms. The molecule has 0 unspecified atom stereocenters. The van der Waals surface area contributed by atoms with E-state index in [1.807, 2.05) is 55.6 Å². The number of ether oxygens (including phenoxy) is 2. The number of benzene rings is 2. The second-order valence-electron chi connectivity index (χ2n) is 4.64. The maximum absolute atomic E-state index is 5.83. The Balaban J connectivity index is 2.05. The van der Waals surface area contributed by atoms with Crippen LogP contribution in [0.15, 0.2) is 54.6 Å². The van der Waals surface area contributed by atoms with E-state index in [4.69, 9.17) is 9.47 Å². The summed E-state index contributed by atoms with van der Waals surface area (Å²) >= 11 is 0. The molecular weight excluding hydrogens is 262 g/mol. The van der Waals surface area contributed by atoms with Gasteiger partial charge in [0, 0.05) is 6.54 Å². The maximum atomic E-state index is 5.83. The predicted molar refractivity (Wildman–Crippen MR) is 86.7 cm³/mol. The Kier molecular flexibility index (Phi) is 5.85. The average Bonchev–Trinajstić information content (AvgIpc) is 2.54. The molecule has 0 atom stereocenters. The Labute approximate surface area is 126 Å². The number of rotatable bonds is 7. The van der Waals surface area contributed by atoms with Gasteiger partial charge in [0.15, 0.2) is 11.5 Å². The Morgan fingerprint density at radius 2 is 1.86 bits per heavy atom. The molecule has 0 amide bonds. The van der Waals surface area contributed by atoms with Gasteiger partial charge in [0.1, 0.15) is 6.61 Å². The number of hydrogen-bond acceptors (Lipinski definition) is 3. The Hall–Kier alpha value is -2.26. The lowest BCUT2D eigenvalue weighted by atomic mass is 10.2. The topological polar surface area (TPSA) is 30.5 Å². The van der Waals surface area contributed by atoms with Crippen molar-refractivity contribution in [3.05, 3.63) is 65.7 Å². The molecule has 1 N–H and O–H groups in total. The highest BCUT2D eigenvalue weighted by Crippen LogP contribution is 2.29. The molecule has 0 saturated carbocycles. The molecule has 0 spiro atoms. The van der Waals surface area contributed by atoms with Crippen LogP contribution in [-0.2, 0) is 6.61 Å². The van der Waals surface area contributed by atoms with Crippen molar-refractivity contribution in [2.75, 3.05) is 20.7 Å². The molecule has 0 aromatic heterocycles. The Morgan fingerprint density at radius 1 is 1.05 bits per heavy atom. The maximum Gasteiger partial charge on any atom is 0.161 e. The van der Waals surface area contributed by atoms with Gasteiger partial charge in [0.2, 0.25) is 0 Å². The van der Waals surface area contributed by atoms with E-state index in [0.717, 1.165) is 29.2 Å². The zero-order valence-electron chi connectivity index (χ0n) is 12.5. The van der Waals surface area contributed by atoms with Gasteiger partial charge in [-0.1, -0.05) is 48.6 Å². The molecule has 2 rings (SSSR count). The van der Waals surface area contributed by atoms with E-state index in [2.05, 4.69) is 17.5 Å².